The summed E-state index contributed by atoms with van der Waals surface area (Å²) >= 11 is 11.8. The Morgan fingerprint density at radius 1 is 1.25 bits per heavy atom. The molecule has 0 saturated carbocycles. The maximum Gasteiger partial charge on any atom is 0.413 e. The molecule has 0 aromatic heterocycles. The Hall–Kier alpha value is -1.13. The van der Waals surface area contributed by atoms with Crippen LogP contribution in [0, 0.1) is 0 Å². The highest BCUT2D eigenvalue weighted by Gasteiger charge is 2.36. The molecule has 0 bridgehead atoms. The molecule has 0 aliphatic carbocycles. The van der Waals surface area contributed by atoms with Crippen molar-refractivity contribution in [3.05, 3.63) is 28.2 Å². The lowest BCUT2D eigenvalue weighted by Gasteiger charge is -2.40. The van der Waals surface area contributed by atoms with Crippen molar-refractivity contribution in [1.29, 1.82) is 0 Å². The van der Waals surface area contributed by atoms with Crippen molar-refractivity contribution in [2.75, 3.05) is 6.54 Å². The highest BCUT2D eigenvalue weighted by atomic mass is 35.5. The van der Waals surface area contributed by atoms with Crippen molar-refractivity contribution in [3.8, 4) is 5.75 Å². The summed E-state index contributed by atoms with van der Waals surface area (Å²) in [7, 11) is 0. The number of likely N-dealkylation sites (tertiary alicyclic amines) is 1. The quantitative estimate of drug-likeness (QED) is 0.814. The van der Waals surface area contributed by atoms with Gasteiger partial charge >= 0.3 is 6.09 Å². The number of hydrogen-bond donors (Lipinski definition) is 0. The first-order valence-corrected chi connectivity index (χ1v) is 7.12. The van der Waals surface area contributed by atoms with Crippen molar-refractivity contribution in [3.63, 3.8) is 0 Å². The number of carbonyl (C=O) groups excluding carboxylic acids is 1. The summed E-state index contributed by atoms with van der Waals surface area (Å²) in [5.41, 5.74) is -0.517. The van der Waals surface area contributed by atoms with Crippen LogP contribution in [0.5, 0.6) is 5.75 Å². The van der Waals surface area contributed by atoms with Crippen molar-refractivity contribution in [2.45, 2.75) is 39.0 Å². The van der Waals surface area contributed by atoms with Gasteiger partial charge in [-0.15, -0.1) is 0 Å². The van der Waals surface area contributed by atoms with Crippen LogP contribution in [-0.4, -0.2) is 29.4 Å². The van der Waals surface area contributed by atoms with Gasteiger partial charge in [0.05, 0.1) is 0 Å². The van der Waals surface area contributed by atoms with Crippen molar-refractivity contribution < 1.29 is 14.3 Å². The summed E-state index contributed by atoms with van der Waals surface area (Å²) in [6.45, 7) is 6.11. The van der Waals surface area contributed by atoms with Gasteiger partial charge in [-0.3, -0.25) is 4.90 Å². The van der Waals surface area contributed by atoms with Gasteiger partial charge in [0.15, 0.2) is 6.23 Å². The number of benzene rings is 1. The second-order valence-corrected chi connectivity index (χ2v) is 6.51. The van der Waals surface area contributed by atoms with E-state index in [4.69, 9.17) is 32.7 Å². The predicted octanol–water partition coefficient (Wildman–Crippen LogP) is 4.34. The summed E-state index contributed by atoms with van der Waals surface area (Å²) < 4.78 is 11.0. The minimum Gasteiger partial charge on any atom is -0.470 e. The molecule has 1 fully saturated rings. The zero-order valence-corrected chi connectivity index (χ0v) is 13.2. The summed E-state index contributed by atoms with van der Waals surface area (Å²) in [5.74, 6) is 0.542. The molecule has 1 aromatic rings. The van der Waals surface area contributed by atoms with Gasteiger partial charge in [-0.2, -0.15) is 0 Å². The Kier molecular flexibility index (Phi) is 4.35. The zero-order chi connectivity index (χ0) is 14.9. The zero-order valence-electron chi connectivity index (χ0n) is 11.7. The van der Waals surface area contributed by atoms with Gasteiger partial charge in [-0.05, 0) is 39.0 Å². The fourth-order valence-corrected chi connectivity index (χ4v) is 2.28. The van der Waals surface area contributed by atoms with Crippen molar-refractivity contribution in [1.82, 2.24) is 4.90 Å². The fraction of sp³-hybridized carbons (Fsp3) is 0.500. The number of amides is 1. The molecule has 110 valence electrons. The molecule has 1 atom stereocenters. The molecule has 0 N–H and O–H groups in total. The number of hydrogen-bond acceptors (Lipinski definition) is 3. The normalized spacial score (nSPS) is 18.4. The monoisotopic (exact) mass is 317 g/mol. The summed E-state index contributed by atoms with van der Waals surface area (Å²) in [4.78, 5) is 13.5. The van der Waals surface area contributed by atoms with Crippen LogP contribution < -0.4 is 4.74 Å². The maximum atomic E-state index is 11.9. The first-order chi connectivity index (χ1) is 9.24. The van der Waals surface area contributed by atoms with Crippen LogP contribution in [0.4, 0.5) is 4.79 Å². The molecular formula is C14H17Cl2NO3. The highest BCUT2D eigenvalue weighted by Crippen LogP contribution is 2.29. The van der Waals surface area contributed by atoms with Gasteiger partial charge in [0.25, 0.3) is 0 Å². The van der Waals surface area contributed by atoms with Crippen LogP contribution in [-0.2, 0) is 4.74 Å². The fourth-order valence-electron chi connectivity index (χ4n) is 1.77. The number of ether oxygens (including phenoxy) is 2. The van der Waals surface area contributed by atoms with Gasteiger partial charge in [0.2, 0.25) is 0 Å². The van der Waals surface area contributed by atoms with Crippen LogP contribution in [0.15, 0.2) is 18.2 Å². The first kappa shape index (κ1) is 15.3. The standard InChI is InChI=1S/C14H17Cl2NO3/c1-14(2,3)20-13(18)17-5-4-12(17)19-11-7-9(15)6-10(16)8-11/h6-8,12H,4-5H2,1-3H3. The average Bonchev–Trinajstić information content (AvgIpc) is 2.20. The minimum absolute atomic E-state index is 0.334. The molecule has 1 amide bonds. The Morgan fingerprint density at radius 3 is 2.30 bits per heavy atom. The predicted molar refractivity (Wildman–Crippen MR) is 78.4 cm³/mol. The molecular weight excluding hydrogens is 301 g/mol. The molecule has 0 radical (unpaired) electrons. The Labute approximate surface area is 128 Å². The summed E-state index contributed by atoms with van der Waals surface area (Å²) in [5, 5.41) is 0.992. The molecule has 1 aliphatic rings. The second-order valence-electron chi connectivity index (χ2n) is 5.64. The third-order valence-corrected chi connectivity index (χ3v) is 3.14. The first-order valence-electron chi connectivity index (χ1n) is 6.37. The van der Waals surface area contributed by atoms with Gasteiger partial charge in [-0.1, -0.05) is 23.2 Å². The van der Waals surface area contributed by atoms with E-state index in [0.29, 0.717) is 22.3 Å². The highest BCUT2D eigenvalue weighted by molar-refractivity contribution is 6.34. The van der Waals surface area contributed by atoms with Gasteiger partial charge in [0.1, 0.15) is 11.4 Å². The third kappa shape index (κ3) is 3.93. The molecule has 1 aromatic carbocycles. The van der Waals surface area contributed by atoms with Crippen molar-refractivity contribution in [2.24, 2.45) is 0 Å². The lowest BCUT2D eigenvalue weighted by molar-refractivity contribution is -0.0661. The Balaban J connectivity index is 1.98. The third-order valence-electron chi connectivity index (χ3n) is 2.70. The number of carbonyl (C=O) groups is 1. The molecule has 1 unspecified atom stereocenters. The lowest BCUT2D eigenvalue weighted by atomic mass is 10.2. The van der Waals surface area contributed by atoms with E-state index in [-0.39, 0.29) is 12.3 Å². The molecule has 6 heteroatoms. The molecule has 2 rings (SSSR count). The summed E-state index contributed by atoms with van der Waals surface area (Å²) in [6, 6.07) is 4.96. The van der Waals surface area contributed by atoms with Crippen LogP contribution in [0.2, 0.25) is 10.0 Å². The second kappa shape index (κ2) is 5.70. The SMILES string of the molecule is CC(C)(C)OC(=O)N1CCC1Oc1cc(Cl)cc(Cl)c1. The van der Waals surface area contributed by atoms with Crippen LogP contribution in [0.3, 0.4) is 0 Å². The molecule has 1 aliphatic heterocycles. The number of rotatable bonds is 2. The largest absolute Gasteiger partial charge is 0.470 e. The molecule has 1 heterocycles. The number of nitrogens with zero attached hydrogens (tertiary/aromatic N) is 1. The minimum atomic E-state index is -0.517. The molecule has 4 nitrogen and oxygen atoms in total. The van der Waals surface area contributed by atoms with Crippen molar-refractivity contribution >= 4 is 29.3 Å². The van der Waals surface area contributed by atoms with Crippen LogP contribution in [0.25, 0.3) is 0 Å². The average molecular weight is 318 g/mol. The molecule has 1 saturated heterocycles. The summed E-state index contributed by atoms with van der Waals surface area (Å²) in [6.07, 6.45) is 0.0462. The molecule has 20 heavy (non-hydrogen) atoms. The lowest BCUT2D eigenvalue weighted by Crippen LogP contribution is -2.55. The van der Waals surface area contributed by atoms with E-state index < -0.39 is 5.60 Å². The number of halogens is 2. The van der Waals surface area contributed by atoms with Crippen LogP contribution in [0.1, 0.15) is 27.2 Å². The van der Waals surface area contributed by atoms with E-state index in [0.717, 1.165) is 6.42 Å². The van der Waals surface area contributed by atoms with E-state index in [2.05, 4.69) is 0 Å². The van der Waals surface area contributed by atoms with Gasteiger partial charge in [0, 0.05) is 23.0 Å². The Bertz CT molecular complexity index is 493. The van der Waals surface area contributed by atoms with E-state index in [9.17, 15) is 4.79 Å². The van der Waals surface area contributed by atoms with Gasteiger partial charge in [-0.25, -0.2) is 4.79 Å². The van der Waals surface area contributed by atoms with Crippen LogP contribution >= 0.6 is 23.2 Å². The van der Waals surface area contributed by atoms with E-state index in [1.54, 1.807) is 23.1 Å². The Morgan fingerprint density at radius 2 is 1.85 bits per heavy atom. The maximum absolute atomic E-state index is 11.9. The smallest absolute Gasteiger partial charge is 0.413 e. The van der Waals surface area contributed by atoms with E-state index >= 15 is 0 Å². The topological polar surface area (TPSA) is 38.8 Å². The van der Waals surface area contributed by atoms with E-state index in [1.807, 2.05) is 20.8 Å². The van der Waals surface area contributed by atoms with E-state index in [1.165, 1.54) is 0 Å². The van der Waals surface area contributed by atoms with Gasteiger partial charge < -0.3 is 9.47 Å². The molecule has 0 spiro atoms.